The van der Waals surface area contributed by atoms with Crippen LogP contribution >= 0.6 is 11.8 Å². The molecule has 1 aliphatic rings. The van der Waals surface area contributed by atoms with Crippen molar-refractivity contribution < 1.29 is 37.2 Å². The molecular weight excluding hydrogens is 477 g/mol. The first-order valence-corrected chi connectivity index (χ1v) is 10.8. The third kappa shape index (κ3) is 5.50. The first-order valence-electron chi connectivity index (χ1n) is 10.0. The van der Waals surface area contributed by atoms with Crippen LogP contribution in [0.1, 0.15) is 30.9 Å². The number of nitro benzene ring substituents is 1. The van der Waals surface area contributed by atoms with Gasteiger partial charge in [0.15, 0.2) is 11.5 Å². The van der Waals surface area contributed by atoms with Crippen LogP contribution in [0.4, 0.5) is 23.7 Å². The number of imide groups is 1. The Kier molecular flexibility index (Phi) is 7.50. The summed E-state index contributed by atoms with van der Waals surface area (Å²) in [5.41, 5.74) is -1.55. The number of carbonyl (C=O) groups is 2. The van der Waals surface area contributed by atoms with Crippen LogP contribution in [0, 0.1) is 10.1 Å². The van der Waals surface area contributed by atoms with Crippen LogP contribution in [0.2, 0.25) is 0 Å². The highest BCUT2D eigenvalue weighted by Crippen LogP contribution is 2.41. The summed E-state index contributed by atoms with van der Waals surface area (Å²) < 4.78 is 49.5. The lowest BCUT2D eigenvalue weighted by atomic mass is 10.1. The number of rotatable bonds is 8. The Morgan fingerprint density at radius 3 is 2.44 bits per heavy atom. The van der Waals surface area contributed by atoms with Crippen molar-refractivity contribution in [2.45, 2.75) is 25.9 Å². The summed E-state index contributed by atoms with van der Waals surface area (Å²) >= 11 is 0.815. The van der Waals surface area contributed by atoms with E-state index in [2.05, 4.69) is 0 Å². The Balaban J connectivity index is 1.88. The van der Waals surface area contributed by atoms with E-state index in [1.165, 1.54) is 36.3 Å². The zero-order chi connectivity index (χ0) is 25.0. The number of halogens is 3. The van der Waals surface area contributed by atoms with Crippen LogP contribution in [-0.4, -0.2) is 34.6 Å². The number of hydrogen-bond donors (Lipinski definition) is 0. The number of benzene rings is 2. The molecular formula is C22H19F3N2O6S. The fraction of sp³-hybridized carbons (Fsp3) is 0.273. The Labute approximate surface area is 196 Å². The van der Waals surface area contributed by atoms with Gasteiger partial charge in [0.25, 0.3) is 11.1 Å². The van der Waals surface area contributed by atoms with Crippen LogP contribution in [0.15, 0.2) is 41.3 Å². The second-order valence-electron chi connectivity index (χ2n) is 7.14. The molecule has 0 bridgehead atoms. The molecule has 34 heavy (non-hydrogen) atoms. The molecule has 0 aliphatic carbocycles. The highest BCUT2D eigenvalue weighted by atomic mass is 32.2. The lowest BCUT2D eigenvalue weighted by Gasteiger charge is -2.13. The lowest BCUT2D eigenvalue weighted by Crippen LogP contribution is -2.29. The highest BCUT2D eigenvalue weighted by molar-refractivity contribution is 8.18. The number of carbonyl (C=O) groups excluding carboxylic acids is 2. The van der Waals surface area contributed by atoms with Gasteiger partial charge in [-0.05, 0) is 54.1 Å². The molecule has 2 aromatic rings. The number of ether oxygens (including phenoxy) is 2. The standard InChI is InChI=1S/C22H19F3N2O6S/c1-3-4-9-26-20(28)19(34-21(26)29)11-13-5-7-17(18(10-13)32-2)33-16-8-6-14(22(23,24)25)12-15(16)27(30)31/h5-8,10-12H,3-4,9H2,1-2H3/b19-11-. The van der Waals surface area contributed by atoms with Gasteiger partial charge in [-0.2, -0.15) is 13.2 Å². The smallest absolute Gasteiger partial charge is 0.416 e. The van der Waals surface area contributed by atoms with Gasteiger partial charge in [-0.1, -0.05) is 19.4 Å². The molecule has 0 atom stereocenters. The summed E-state index contributed by atoms with van der Waals surface area (Å²) in [4.78, 5) is 36.3. The van der Waals surface area contributed by atoms with Gasteiger partial charge in [-0.25, -0.2) is 0 Å². The zero-order valence-corrected chi connectivity index (χ0v) is 18.9. The normalized spacial score (nSPS) is 15.2. The lowest BCUT2D eigenvalue weighted by molar-refractivity contribution is -0.385. The summed E-state index contributed by atoms with van der Waals surface area (Å²) in [5, 5.41) is 10.9. The quantitative estimate of drug-likeness (QED) is 0.242. The van der Waals surface area contributed by atoms with Crippen molar-refractivity contribution in [1.82, 2.24) is 4.90 Å². The van der Waals surface area contributed by atoms with Crippen molar-refractivity contribution in [2.24, 2.45) is 0 Å². The third-order valence-corrected chi connectivity index (χ3v) is 5.70. The predicted octanol–water partition coefficient (Wildman–Crippen LogP) is 6.25. The van der Waals surface area contributed by atoms with E-state index >= 15 is 0 Å². The SMILES string of the molecule is CCCCN1C(=O)S/C(=C\c2ccc(Oc3ccc(C(F)(F)F)cc3[N+](=O)[O-])c(OC)c2)C1=O. The monoisotopic (exact) mass is 496 g/mol. The molecule has 8 nitrogen and oxygen atoms in total. The van der Waals surface area contributed by atoms with E-state index in [1.54, 1.807) is 0 Å². The molecule has 12 heteroatoms. The van der Waals surface area contributed by atoms with Crippen molar-refractivity contribution in [3.05, 3.63) is 62.5 Å². The predicted molar refractivity (Wildman–Crippen MR) is 119 cm³/mol. The van der Waals surface area contributed by atoms with Gasteiger partial charge in [0.05, 0.1) is 22.5 Å². The molecule has 0 unspecified atom stereocenters. The van der Waals surface area contributed by atoms with Gasteiger partial charge < -0.3 is 9.47 Å². The van der Waals surface area contributed by atoms with Crippen molar-refractivity contribution in [1.29, 1.82) is 0 Å². The van der Waals surface area contributed by atoms with E-state index in [4.69, 9.17) is 9.47 Å². The van der Waals surface area contributed by atoms with E-state index in [-0.39, 0.29) is 21.6 Å². The summed E-state index contributed by atoms with van der Waals surface area (Å²) in [6.45, 7) is 2.28. The van der Waals surface area contributed by atoms with Crippen molar-refractivity contribution in [3.8, 4) is 17.2 Å². The van der Waals surface area contributed by atoms with Gasteiger partial charge in [0.1, 0.15) is 0 Å². The minimum atomic E-state index is -4.75. The Morgan fingerprint density at radius 2 is 1.82 bits per heavy atom. The first kappa shape index (κ1) is 25.1. The third-order valence-electron chi connectivity index (χ3n) is 4.80. The average molecular weight is 496 g/mol. The number of thioether (sulfide) groups is 1. The number of nitro groups is 1. The summed E-state index contributed by atoms with van der Waals surface area (Å²) in [6, 6.07) is 6.33. The van der Waals surface area contributed by atoms with Crippen LogP contribution in [-0.2, 0) is 11.0 Å². The molecule has 2 amide bonds. The molecule has 0 radical (unpaired) electrons. The molecule has 0 saturated carbocycles. The molecule has 1 saturated heterocycles. The van der Waals surface area contributed by atoms with E-state index in [0.29, 0.717) is 30.7 Å². The molecule has 180 valence electrons. The van der Waals surface area contributed by atoms with Gasteiger partial charge in [0, 0.05) is 12.6 Å². The molecule has 0 aromatic heterocycles. The number of alkyl halides is 3. The largest absolute Gasteiger partial charge is 0.493 e. The minimum Gasteiger partial charge on any atom is -0.493 e. The van der Waals surface area contributed by atoms with Gasteiger partial charge in [-0.15, -0.1) is 0 Å². The van der Waals surface area contributed by atoms with Gasteiger partial charge in [0.2, 0.25) is 5.75 Å². The Hall–Kier alpha value is -3.54. The molecule has 2 aromatic carbocycles. The molecule has 1 fully saturated rings. The molecule has 3 rings (SSSR count). The fourth-order valence-corrected chi connectivity index (χ4v) is 3.92. The second kappa shape index (κ2) is 10.2. The van der Waals surface area contributed by atoms with Crippen molar-refractivity contribution in [2.75, 3.05) is 13.7 Å². The van der Waals surface area contributed by atoms with E-state index in [9.17, 15) is 32.9 Å². The number of hydrogen-bond acceptors (Lipinski definition) is 7. The molecule has 1 aliphatic heterocycles. The van der Waals surface area contributed by atoms with Crippen LogP contribution in [0.3, 0.4) is 0 Å². The number of methoxy groups -OCH3 is 1. The fourth-order valence-electron chi connectivity index (χ4n) is 3.06. The Bertz CT molecular complexity index is 1170. The van der Waals surface area contributed by atoms with Gasteiger partial charge >= 0.3 is 11.9 Å². The highest BCUT2D eigenvalue weighted by Gasteiger charge is 2.35. The maximum absolute atomic E-state index is 12.9. The number of unbranched alkanes of at least 4 members (excludes halogenated alkanes) is 1. The van der Waals surface area contributed by atoms with E-state index in [1.807, 2.05) is 6.92 Å². The first-order chi connectivity index (χ1) is 16.0. The van der Waals surface area contributed by atoms with Crippen LogP contribution in [0.25, 0.3) is 6.08 Å². The number of amides is 2. The second-order valence-corrected chi connectivity index (χ2v) is 8.13. The maximum Gasteiger partial charge on any atom is 0.416 e. The topological polar surface area (TPSA) is 99.0 Å². The number of nitrogens with zero attached hydrogens (tertiary/aromatic N) is 2. The Morgan fingerprint density at radius 1 is 1.12 bits per heavy atom. The summed E-state index contributed by atoms with van der Waals surface area (Å²) in [5.74, 6) is -0.670. The molecule has 0 spiro atoms. The average Bonchev–Trinajstić information content (AvgIpc) is 3.04. The zero-order valence-electron chi connectivity index (χ0n) is 18.0. The van der Waals surface area contributed by atoms with Crippen molar-refractivity contribution >= 4 is 34.7 Å². The molecule has 1 heterocycles. The van der Waals surface area contributed by atoms with Crippen LogP contribution < -0.4 is 9.47 Å². The summed E-state index contributed by atoms with van der Waals surface area (Å²) in [6.07, 6.45) is -1.72. The maximum atomic E-state index is 12.9. The van der Waals surface area contributed by atoms with Gasteiger partial charge in [-0.3, -0.25) is 24.6 Å². The molecule has 0 N–H and O–H groups in total. The minimum absolute atomic E-state index is 0.0126. The van der Waals surface area contributed by atoms with E-state index in [0.717, 1.165) is 24.2 Å². The summed E-state index contributed by atoms with van der Waals surface area (Å²) in [7, 11) is 1.31. The van der Waals surface area contributed by atoms with Crippen LogP contribution in [0.5, 0.6) is 17.2 Å². The van der Waals surface area contributed by atoms with Crippen molar-refractivity contribution in [3.63, 3.8) is 0 Å². The van der Waals surface area contributed by atoms with E-state index < -0.39 is 34.0 Å².